The summed E-state index contributed by atoms with van der Waals surface area (Å²) < 4.78 is 39.3. The summed E-state index contributed by atoms with van der Waals surface area (Å²) in [5.74, 6) is -0.200. The van der Waals surface area contributed by atoms with E-state index in [1.54, 1.807) is 12.1 Å². The lowest BCUT2D eigenvalue weighted by Crippen LogP contribution is -2.17. The van der Waals surface area contributed by atoms with Gasteiger partial charge in [-0.15, -0.1) is 13.2 Å². The summed E-state index contributed by atoms with van der Waals surface area (Å²) in [5, 5.41) is 3.10. The topological polar surface area (TPSA) is 21.3 Å². The minimum atomic E-state index is -4.63. The second-order valence-corrected chi connectivity index (χ2v) is 3.35. The summed E-state index contributed by atoms with van der Waals surface area (Å²) in [7, 11) is 0. The van der Waals surface area contributed by atoms with E-state index in [9.17, 15) is 13.2 Å². The molecule has 0 aromatic heterocycles. The highest BCUT2D eigenvalue weighted by molar-refractivity contribution is 5.46. The molecule has 0 spiro atoms. The normalized spacial score (nSPS) is 11.2. The molecule has 0 aliphatic carbocycles. The van der Waals surface area contributed by atoms with Gasteiger partial charge in [0, 0.05) is 12.2 Å². The van der Waals surface area contributed by atoms with Crippen molar-refractivity contribution in [3.05, 3.63) is 24.3 Å². The van der Waals surface area contributed by atoms with Crippen LogP contribution in [-0.2, 0) is 0 Å². The van der Waals surface area contributed by atoms with Gasteiger partial charge in [-0.25, -0.2) is 0 Å². The maximum Gasteiger partial charge on any atom is 0.573 e. The Balaban J connectivity index is 2.48. The van der Waals surface area contributed by atoms with Gasteiger partial charge in [-0.2, -0.15) is 0 Å². The largest absolute Gasteiger partial charge is 0.573 e. The number of halogens is 3. The standard InChI is InChI=1S/C11H14F3NO/c1-2-3-8-15-9-4-6-10(7-5-9)16-11(12,13)14/h4-7,15H,2-3,8H2,1H3. The second-order valence-electron chi connectivity index (χ2n) is 3.35. The first-order chi connectivity index (χ1) is 7.51. The Hall–Kier alpha value is -1.39. The van der Waals surface area contributed by atoms with Gasteiger partial charge in [0.1, 0.15) is 5.75 Å². The third-order valence-corrected chi connectivity index (χ3v) is 1.95. The molecule has 1 rings (SSSR count). The van der Waals surface area contributed by atoms with Crippen molar-refractivity contribution >= 4 is 5.69 Å². The molecule has 0 saturated carbocycles. The van der Waals surface area contributed by atoms with Crippen molar-refractivity contribution in [2.24, 2.45) is 0 Å². The van der Waals surface area contributed by atoms with Crippen molar-refractivity contribution < 1.29 is 17.9 Å². The quantitative estimate of drug-likeness (QED) is 0.781. The van der Waals surface area contributed by atoms with Gasteiger partial charge in [0.15, 0.2) is 0 Å². The number of benzene rings is 1. The van der Waals surface area contributed by atoms with E-state index in [4.69, 9.17) is 0 Å². The van der Waals surface area contributed by atoms with Crippen LogP contribution in [0.3, 0.4) is 0 Å². The van der Waals surface area contributed by atoms with E-state index in [1.807, 2.05) is 0 Å². The molecule has 16 heavy (non-hydrogen) atoms. The monoisotopic (exact) mass is 233 g/mol. The number of alkyl halides is 3. The molecule has 90 valence electrons. The van der Waals surface area contributed by atoms with Crippen LogP contribution in [0.25, 0.3) is 0 Å². The lowest BCUT2D eigenvalue weighted by Gasteiger charge is -2.10. The van der Waals surface area contributed by atoms with Crippen LogP contribution in [0.2, 0.25) is 0 Å². The Morgan fingerprint density at radius 3 is 2.31 bits per heavy atom. The van der Waals surface area contributed by atoms with E-state index in [1.165, 1.54) is 12.1 Å². The number of nitrogens with one attached hydrogen (secondary N) is 1. The molecular formula is C11H14F3NO. The van der Waals surface area contributed by atoms with Crippen LogP contribution in [-0.4, -0.2) is 12.9 Å². The first-order valence-electron chi connectivity index (χ1n) is 5.11. The zero-order valence-electron chi connectivity index (χ0n) is 8.97. The molecule has 0 aliphatic heterocycles. The Labute approximate surface area is 92.4 Å². The fraction of sp³-hybridized carbons (Fsp3) is 0.455. The highest BCUT2D eigenvalue weighted by Crippen LogP contribution is 2.23. The van der Waals surface area contributed by atoms with Crippen molar-refractivity contribution in [3.63, 3.8) is 0 Å². The van der Waals surface area contributed by atoms with Crippen molar-refractivity contribution in [2.75, 3.05) is 11.9 Å². The van der Waals surface area contributed by atoms with E-state index in [-0.39, 0.29) is 5.75 Å². The van der Waals surface area contributed by atoms with Gasteiger partial charge in [0.25, 0.3) is 0 Å². The predicted octanol–water partition coefficient (Wildman–Crippen LogP) is 3.80. The van der Waals surface area contributed by atoms with E-state index in [2.05, 4.69) is 17.0 Å². The van der Waals surface area contributed by atoms with Crippen molar-refractivity contribution in [2.45, 2.75) is 26.1 Å². The summed E-state index contributed by atoms with van der Waals surface area (Å²) in [6.45, 7) is 2.89. The van der Waals surface area contributed by atoms with Gasteiger partial charge in [0.05, 0.1) is 0 Å². The zero-order valence-corrected chi connectivity index (χ0v) is 8.97. The molecule has 0 fully saturated rings. The summed E-state index contributed by atoms with van der Waals surface area (Å²) in [6.07, 6.45) is -2.53. The smallest absolute Gasteiger partial charge is 0.406 e. The minimum Gasteiger partial charge on any atom is -0.406 e. The van der Waals surface area contributed by atoms with Crippen LogP contribution in [0.15, 0.2) is 24.3 Å². The van der Waals surface area contributed by atoms with Crippen molar-refractivity contribution in [1.82, 2.24) is 0 Å². The van der Waals surface area contributed by atoms with Crippen molar-refractivity contribution in [3.8, 4) is 5.75 Å². The van der Waals surface area contributed by atoms with Gasteiger partial charge in [-0.1, -0.05) is 13.3 Å². The maximum atomic E-state index is 11.9. The molecule has 0 atom stereocenters. The van der Waals surface area contributed by atoms with Gasteiger partial charge in [-0.3, -0.25) is 0 Å². The van der Waals surface area contributed by atoms with E-state index in [0.717, 1.165) is 25.1 Å². The minimum absolute atomic E-state index is 0.200. The number of unbranched alkanes of at least 4 members (excludes halogenated alkanes) is 1. The Morgan fingerprint density at radius 2 is 1.81 bits per heavy atom. The summed E-state index contributed by atoms with van der Waals surface area (Å²) in [6, 6.07) is 5.72. The van der Waals surface area contributed by atoms with Crippen LogP contribution in [0.5, 0.6) is 5.75 Å². The number of hydrogen-bond acceptors (Lipinski definition) is 2. The first-order valence-corrected chi connectivity index (χ1v) is 5.11. The molecule has 0 amide bonds. The Morgan fingerprint density at radius 1 is 1.19 bits per heavy atom. The highest BCUT2D eigenvalue weighted by Gasteiger charge is 2.30. The number of anilines is 1. The number of hydrogen-bond donors (Lipinski definition) is 1. The molecule has 5 heteroatoms. The van der Waals surface area contributed by atoms with E-state index in [0.29, 0.717) is 0 Å². The number of ether oxygens (including phenoxy) is 1. The molecule has 2 nitrogen and oxygen atoms in total. The summed E-state index contributed by atoms with van der Waals surface area (Å²) >= 11 is 0. The third kappa shape index (κ3) is 4.91. The zero-order chi connectivity index (χ0) is 12.0. The van der Waals surface area contributed by atoms with E-state index >= 15 is 0 Å². The molecule has 0 saturated heterocycles. The third-order valence-electron chi connectivity index (χ3n) is 1.95. The first kappa shape index (κ1) is 12.7. The summed E-state index contributed by atoms with van der Waals surface area (Å²) in [4.78, 5) is 0. The molecule has 1 aromatic carbocycles. The fourth-order valence-corrected chi connectivity index (χ4v) is 1.18. The summed E-state index contributed by atoms with van der Waals surface area (Å²) in [5.41, 5.74) is 0.794. The molecule has 0 aliphatic rings. The molecule has 1 aromatic rings. The highest BCUT2D eigenvalue weighted by atomic mass is 19.4. The molecule has 0 bridgehead atoms. The predicted molar refractivity (Wildman–Crippen MR) is 56.5 cm³/mol. The van der Waals surface area contributed by atoms with Crippen molar-refractivity contribution in [1.29, 1.82) is 0 Å². The Bertz CT molecular complexity index is 308. The molecule has 0 heterocycles. The van der Waals surface area contributed by atoms with Gasteiger partial charge >= 0.3 is 6.36 Å². The average molecular weight is 233 g/mol. The van der Waals surface area contributed by atoms with Crippen LogP contribution < -0.4 is 10.1 Å². The maximum absolute atomic E-state index is 11.9. The molecule has 0 radical (unpaired) electrons. The SMILES string of the molecule is CCCCNc1ccc(OC(F)(F)F)cc1. The lowest BCUT2D eigenvalue weighted by molar-refractivity contribution is -0.274. The van der Waals surface area contributed by atoms with Crippen LogP contribution in [0, 0.1) is 0 Å². The van der Waals surface area contributed by atoms with Crippen LogP contribution in [0.4, 0.5) is 18.9 Å². The van der Waals surface area contributed by atoms with Crippen LogP contribution in [0.1, 0.15) is 19.8 Å². The Kier molecular flexibility index (Phi) is 4.46. The van der Waals surface area contributed by atoms with Crippen LogP contribution >= 0.6 is 0 Å². The molecule has 0 unspecified atom stereocenters. The van der Waals surface area contributed by atoms with E-state index < -0.39 is 6.36 Å². The van der Waals surface area contributed by atoms with Gasteiger partial charge < -0.3 is 10.1 Å². The average Bonchev–Trinajstić information content (AvgIpc) is 2.19. The molecular weight excluding hydrogens is 219 g/mol. The fourth-order valence-electron chi connectivity index (χ4n) is 1.18. The lowest BCUT2D eigenvalue weighted by atomic mass is 10.3. The second kappa shape index (κ2) is 5.63. The molecule has 1 N–H and O–H groups in total. The van der Waals surface area contributed by atoms with Gasteiger partial charge in [0.2, 0.25) is 0 Å². The number of rotatable bonds is 5. The van der Waals surface area contributed by atoms with Gasteiger partial charge in [-0.05, 0) is 30.7 Å².